The number of nitrogens with two attached hydrogens (primary N) is 1. The Morgan fingerprint density at radius 2 is 1.61 bits per heavy atom. The molecular formula is C12H12NO4P. The molecule has 0 aliphatic carbocycles. The quantitative estimate of drug-likeness (QED) is 0.654. The molecule has 18 heavy (non-hydrogen) atoms. The van der Waals surface area contributed by atoms with Gasteiger partial charge in [-0.15, -0.1) is 0 Å². The molecule has 1 atom stereocenters. The first-order chi connectivity index (χ1) is 8.64. The van der Waals surface area contributed by atoms with Gasteiger partial charge in [-0.3, -0.25) is 0 Å². The summed E-state index contributed by atoms with van der Waals surface area (Å²) in [6, 6.07) is 14.2. The van der Waals surface area contributed by atoms with Crippen molar-refractivity contribution in [2.75, 3.05) is 0 Å². The van der Waals surface area contributed by atoms with Crippen LogP contribution in [-0.4, -0.2) is 5.11 Å². The Labute approximate surface area is 104 Å². The maximum atomic E-state index is 12.4. The zero-order chi connectivity index (χ0) is 13.0. The summed E-state index contributed by atoms with van der Waals surface area (Å²) in [4.78, 5) is 0. The summed E-state index contributed by atoms with van der Waals surface area (Å²) in [6.07, 6.45) is 0. The van der Waals surface area contributed by atoms with Crippen molar-refractivity contribution < 1.29 is 18.8 Å². The van der Waals surface area contributed by atoms with Crippen LogP contribution in [-0.2, 0) is 9.19 Å². The normalized spacial score (nSPS) is 13.8. The molecule has 6 heteroatoms. The molecule has 0 aliphatic rings. The highest BCUT2D eigenvalue weighted by Crippen LogP contribution is 2.45. The van der Waals surface area contributed by atoms with Gasteiger partial charge in [-0.2, -0.15) is 0 Å². The number of rotatable bonds is 4. The number of para-hydroxylation sites is 1. The third-order valence-electron chi connectivity index (χ3n) is 2.27. The van der Waals surface area contributed by atoms with Crippen molar-refractivity contribution in [3.63, 3.8) is 0 Å². The summed E-state index contributed by atoms with van der Waals surface area (Å²) in [5.74, 6) is 5.52. The molecule has 0 spiro atoms. The van der Waals surface area contributed by atoms with Crippen molar-refractivity contribution in [3.8, 4) is 11.5 Å². The van der Waals surface area contributed by atoms with E-state index in [4.69, 9.17) is 10.4 Å². The van der Waals surface area contributed by atoms with Gasteiger partial charge >= 0.3 is 7.60 Å². The lowest BCUT2D eigenvalue weighted by atomic mass is 10.3. The summed E-state index contributed by atoms with van der Waals surface area (Å²) in [5, 5.41) is 9.45. The Morgan fingerprint density at radius 3 is 2.17 bits per heavy atom. The van der Waals surface area contributed by atoms with E-state index in [0.29, 0.717) is 5.75 Å². The molecular weight excluding hydrogens is 253 g/mol. The van der Waals surface area contributed by atoms with Gasteiger partial charge in [0.25, 0.3) is 0 Å². The van der Waals surface area contributed by atoms with Gasteiger partial charge in [-0.1, -0.05) is 18.2 Å². The lowest BCUT2D eigenvalue weighted by Crippen LogP contribution is -2.15. The second-order valence-corrected chi connectivity index (χ2v) is 5.43. The maximum Gasteiger partial charge on any atom is 0.426 e. The average molecular weight is 265 g/mol. The second-order valence-electron chi connectivity index (χ2n) is 3.52. The van der Waals surface area contributed by atoms with Crippen molar-refractivity contribution in [1.29, 1.82) is 0 Å². The first-order valence-electron chi connectivity index (χ1n) is 5.17. The molecule has 0 saturated carbocycles. The van der Waals surface area contributed by atoms with Gasteiger partial charge in [0.1, 0.15) is 11.5 Å². The third-order valence-corrected chi connectivity index (χ3v) is 3.93. The van der Waals surface area contributed by atoms with E-state index in [9.17, 15) is 9.67 Å². The Kier molecular flexibility index (Phi) is 3.67. The van der Waals surface area contributed by atoms with Crippen LogP contribution >= 0.6 is 7.60 Å². The van der Waals surface area contributed by atoms with Gasteiger partial charge in [-0.05, 0) is 36.4 Å². The first-order valence-corrected chi connectivity index (χ1v) is 6.71. The van der Waals surface area contributed by atoms with E-state index in [1.807, 2.05) is 6.07 Å². The van der Waals surface area contributed by atoms with Crippen LogP contribution in [0.25, 0.3) is 0 Å². The van der Waals surface area contributed by atoms with Gasteiger partial charge in [0.15, 0.2) is 0 Å². The van der Waals surface area contributed by atoms with Crippen LogP contribution < -0.4 is 15.7 Å². The van der Waals surface area contributed by atoms with Gasteiger partial charge in [0.05, 0.1) is 5.30 Å². The Bertz CT molecular complexity index is 556. The summed E-state index contributed by atoms with van der Waals surface area (Å²) in [7, 11) is -3.63. The Morgan fingerprint density at radius 1 is 1.00 bits per heavy atom. The smallest absolute Gasteiger partial charge is 0.426 e. The van der Waals surface area contributed by atoms with Crippen LogP contribution in [0.2, 0.25) is 0 Å². The molecule has 2 rings (SSSR count). The lowest BCUT2D eigenvalue weighted by Gasteiger charge is -2.16. The molecule has 0 saturated heterocycles. The number of phenolic OH excluding ortho intramolecular Hbond substituents is 1. The van der Waals surface area contributed by atoms with Crippen LogP contribution in [0.3, 0.4) is 0 Å². The standard InChI is InChI=1S/C12H12NO4P/c13-17-18(15,12-8-6-10(14)7-9-12)16-11-4-2-1-3-5-11/h1-9,14H,13H2. The minimum atomic E-state index is -3.63. The van der Waals surface area contributed by atoms with Gasteiger partial charge in [-0.25, -0.2) is 15.1 Å². The highest BCUT2D eigenvalue weighted by Gasteiger charge is 2.28. The minimum Gasteiger partial charge on any atom is -0.508 e. The van der Waals surface area contributed by atoms with E-state index in [0.717, 1.165) is 0 Å². The second kappa shape index (κ2) is 5.23. The summed E-state index contributed by atoms with van der Waals surface area (Å²) >= 11 is 0. The molecule has 0 bridgehead atoms. The molecule has 0 fully saturated rings. The van der Waals surface area contributed by atoms with Gasteiger partial charge < -0.3 is 9.63 Å². The van der Waals surface area contributed by atoms with E-state index >= 15 is 0 Å². The Hall–Kier alpha value is -1.81. The average Bonchev–Trinajstić information content (AvgIpc) is 2.40. The first kappa shape index (κ1) is 12.6. The number of phenols is 1. The van der Waals surface area contributed by atoms with Crippen LogP contribution in [0.4, 0.5) is 0 Å². The summed E-state index contributed by atoms with van der Waals surface area (Å²) < 4.78 is 22.2. The summed E-state index contributed by atoms with van der Waals surface area (Å²) in [6.45, 7) is 0. The van der Waals surface area contributed by atoms with E-state index in [-0.39, 0.29) is 11.1 Å². The molecule has 2 aromatic carbocycles. The lowest BCUT2D eigenvalue weighted by molar-refractivity contribution is 0.283. The molecule has 0 aromatic heterocycles. The highest BCUT2D eigenvalue weighted by molar-refractivity contribution is 7.62. The van der Waals surface area contributed by atoms with Crippen molar-refractivity contribution in [3.05, 3.63) is 54.6 Å². The molecule has 94 valence electrons. The topological polar surface area (TPSA) is 81.8 Å². The molecule has 0 radical (unpaired) electrons. The Balaban J connectivity index is 2.31. The number of benzene rings is 2. The van der Waals surface area contributed by atoms with Crippen molar-refractivity contribution >= 4 is 12.9 Å². The molecule has 0 heterocycles. The number of aromatic hydroxyl groups is 1. The summed E-state index contributed by atoms with van der Waals surface area (Å²) in [5.41, 5.74) is 0. The predicted molar refractivity (Wildman–Crippen MR) is 67.7 cm³/mol. The number of hydrogen-bond donors (Lipinski definition) is 2. The fraction of sp³-hybridized carbons (Fsp3) is 0. The molecule has 3 N–H and O–H groups in total. The minimum absolute atomic E-state index is 0.0574. The van der Waals surface area contributed by atoms with E-state index in [1.54, 1.807) is 24.3 Å². The van der Waals surface area contributed by atoms with Crippen LogP contribution in [0.1, 0.15) is 0 Å². The van der Waals surface area contributed by atoms with Gasteiger partial charge in [0.2, 0.25) is 0 Å². The third kappa shape index (κ3) is 2.71. The van der Waals surface area contributed by atoms with E-state index in [1.165, 1.54) is 24.3 Å². The van der Waals surface area contributed by atoms with Crippen molar-refractivity contribution in [2.24, 2.45) is 5.90 Å². The predicted octanol–water partition coefficient (Wildman–Crippen LogP) is 2.18. The molecule has 2 aromatic rings. The van der Waals surface area contributed by atoms with Crippen LogP contribution in [0.15, 0.2) is 54.6 Å². The highest BCUT2D eigenvalue weighted by atomic mass is 31.2. The monoisotopic (exact) mass is 265 g/mol. The zero-order valence-electron chi connectivity index (χ0n) is 9.39. The molecule has 1 unspecified atom stereocenters. The molecule has 0 aliphatic heterocycles. The largest absolute Gasteiger partial charge is 0.508 e. The van der Waals surface area contributed by atoms with Crippen molar-refractivity contribution in [2.45, 2.75) is 0 Å². The van der Waals surface area contributed by atoms with Crippen LogP contribution in [0.5, 0.6) is 11.5 Å². The van der Waals surface area contributed by atoms with Crippen LogP contribution in [0, 0.1) is 0 Å². The number of hydrogen-bond acceptors (Lipinski definition) is 5. The SMILES string of the molecule is NOP(=O)(Oc1ccccc1)c1ccc(O)cc1. The maximum absolute atomic E-state index is 12.4. The fourth-order valence-corrected chi connectivity index (χ4v) is 2.57. The van der Waals surface area contributed by atoms with E-state index in [2.05, 4.69) is 4.62 Å². The van der Waals surface area contributed by atoms with Crippen molar-refractivity contribution in [1.82, 2.24) is 0 Å². The zero-order valence-corrected chi connectivity index (χ0v) is 10.3. The van der Waals surface area contributed by atoms with Gasteiger partial charge in [0, 0.05) is 0 Å². The molecule has 0 amide bonds. The van der Waals surface area contributed by atoms with E-state index < -0.39 is 7.60 Å². The molecule has 5 nitrogen and oxygen atoms in total. The fourth-order valence-electron chi connectivity index (χ4n) is 1.39.